The van der Waals surface area contributed by atoms with Crippen molar-refractivity contribution in [2.45, 2.75) is 25.4 Å². The lowest BCUT2D eigenvalue weighted by molar-refractivity contribution is 0.0321. The molecule has 3 atom stereocenters. The third kappa shape index (κ3) is 2.59. The van der Waals surface area contributed by atoms with E-state index in [1.54, 1.807) is 11.3 Å². The van der Waals surface area contributed by atoms with Crippen LogP contribution in [0.15, 0.2) is 65.4 Å². The van der Waals surface area contributed by atoms with Crippen LogP contribution >= 0.6 is 11.3 Å². The molecule has 0 amide bonds. The molecular weight excluding hydrogens is 326 g/mol. The van der Waals surface area contributed by atoms with Crippen molar-refractivity contribution in [3.8, 4) is 6.07 Å². The highest BCUT2D eigenvalue weighted by atomic mass is 32.1. The zero-order chi connectivity index (χ0) is 17.4. The summed E-state index contributed by atoms with van der Waals surface area (Å²) in [5, 5.41) is 24.6. The summed E-state index contributed by atoms with van der Waals surface area (Å²) in [4.78, 5) is 0. The Morgan fingerprint density at radius 1 is 1.20 bits per heavy atom. The van der Waals surface area contributed by atoms with E-state index in [1.807, 2.05) is 47.2 Å². The van der Waals surface area contributed by atoms with Crippen LogP contribution in [0.2, 0.25) is 0 Å². The SMILES string of the molecule is C[C@@]1(C(O)c2ccsc2)Cc2ccc(C#N)cc2[C@@H]1c1ccccc1. The summed E-state index contributed by atoms with van der Waals surface area (Å²) < 4.78 is 0. The van der Waals surface area contributed by atoms with Crippen molar-refractivity contribution in [3.05, 3.63) is 93.2 Å². The van der Waals surface area contributed by atoms with E-state index in [9.17, 15) is 10.4 Å². The van der Waals surface area contributed by atoms with E-state index in [0.29, 0.717) is 5.56 Å². The molecule has 0 saturated heterocycles. The maximum Gasteiger partial charge on any atom is 0.0991 e. The van der Waals surface area contributed by atoms with Gasteiger partial charge in [0, 0.05) is 11.3 Å². The third-order valence-electron chi connectivity index (χ3n) is 5.43. The van der Waals surface area contributed by atoms with Crippen LogP contribution in [0.1, 0.15) is 46.8 Å². The number of aliphatic hydroxyl groups is 1. The van der Waals surface area contributed by atoms with Gasteiger partial charge in [0.05, 0.1) is 17.7 Å². The molecule has 0 saturated carbocycles. The van der Waals surface area contributed by atoms with Crippen molar-refractivity contribution in [3.63, 3.8) is 0 Å². The van der Waals surface area contributed by atoms with Crippen LogP contribution in [0.5, 0.6) is 0 Å². The molecule has 2 nitrogen and oxygen atoms in total. The molecule has 124 valence electrons. The van der Waals surface area contributed by atoms with E-state index in [2.05, 4.69) is 31.2 Å². The molecule has 0 fully saturated rings. The van der Waals surface area contributed by atoms with Gasteiger partial charge >= 0.3 is 0 Å². The predicted molar refractivity (Wildman–Crippen MR) is 101 cm³/mol. The van der Waals surface area contributed by atoms with Gasteiger partial charge in [-0.15, -0.1) is 0 Å². The minimum atomic E-state index is -0.554. The maximum atomic E-state index is 11.2. The first-order valence-electron chi connectivity index (χ1n) is 8.41. The molecule has 1 aliphatic rings. The quantitative estimate of drug-likeness (QED) is 0.722. The monoisotopic (exact) mass is 345 g/mol. The van der Waals surface area contributed by atoms with Crippen molar-refractivity contribution in [1.82, 2.24) is 0 Å². The summed E-state index contributed by atoms with van der Waals surface area (Å²) in [5.74, 6) is 0.0619. The van der Waals surface area contributed by atoms with Gasteiger partial charge in [0.15, 0.2) is 0 Å². The third-order valence-corrected chi connectivity index (χ3v) is 6.13. The smallest absolute Gasteiger partial charge is 0.0991 e. The number of nitriles is 1. The molecule has 0 spiro atoms. The Morgan fingerprint density at radius 3 is 2.68 bits per heavy atom. The molecule has 1 heterocycles. The first kappa shape index (κ1) is 16.1. The maximum absolute atomic E-state index is 11.2. The van der Waals surface area contributed by atoms with Crippen LogP contribution in [0, 0.1) is 16.7 Å². The largest absolute Gasteiger partial charge is 0.388 e. The van der Waals surface area contributed by atoms with Crippen LogP contribution in [0.4, 0.5) is 0 Å². The van der Waals surface area contributed by atoms with Gasteiger partial charge < -0.3 is 5.11 Å². The second-order valence-corrected chi connectivity index (χ2v) is 7.79. The van der Waals surface area contributed by atoms with E-state index in [-0.39, 0.29) is 11.3 Å². The van der Waals surface area contributed by atoms with Gasteiger partial charge in [-0.3, -0.25) is 0 Å². The number of nitrogens with zero attached hydrogens (tertiary/aromatic N) is 1. The molecule has 1 N–H and O–H groups in total. The average molecular weight is 345 g/mol. The molecule has 1 aromatic heterocycles. The first-order valence-corrected chi connectivity index (χ1v) is 9.36. The predicted octanol–water partition coefficient (Wildman–Crippen LogP) is 5.05. The molecule has 1 unspecified atom stereocenters. The Labute approximate surface area is 152 Å². The van der Waals surface area contributed by atoms with Gasteiger partial charge in [-0.25, -0.2) is 0 Å². The second kappa shape index (κ2) is 6.15. The molecule has 3 aromatic rings. The van der Waals surface area contributed by atoms with Crippen molar-refractivity contribution >= 4 is 11.3 Å². The Kier molecular flexibility index (Phi) is 3.95. The summed E-state index contributed by atoms with van der Waals surface area (Å²) in [6, 6.07) is 20.5. The van der Waals surface area contributed by atoms with Crippen LogP contribution in [-0.2, 0) is 6.42 Å². The van der Waals surface area contributed by atoms with Crippen LogP contribution in [0.3, 0.4) is 0 Å². The second-order valence-electron chi connectivity index (χ2n) is 7.01. The normalized spacial score (nSPS) is 23.0. The number of hydrogen-bond donors (Lipinski definition) is 1. The standard InChI is InChI=1S/C22H19NOS/c1-22(21(24)18-9-10-25-14-18)12-17-8-7-15(13-23)11-19(17)20(22)16-5-3-2-4-6-16/h2-11,14,20-21,24H,12H2,1H3/t20-,21?,22+/m0/s1. The Balaban J connectivity index is 1.88. The molecular formula is C22H19NOS. The molecule has 0 aliphatic heterocycles. The molecule has 4 rings (SSSR count). The molecule has 2 aromatic carbocycles. The van der Waals surface area contributed by atoms with Crippen molar-refractivity contribution < 1.29 is 5.11 Å². The van der Waals surface area contributed by atoms with Gasteiger partial charge in [-0.1, -0.05) is 43.3 Å². The topological polar surface area (TPSA) is 44.0 Å². The molecule has 0 bridgehead atoms. The zero-order valence-corrected chi connectivity index (χ0v) is 14.8. The minimum Gasteiger partial charge on any atom is -0.388 e. The summed E-state index contributed by atoms with van der Waals surface area (Å²) in [6.07, 6.45) is 0.242. The zero-order valence-electron chi connectivity index (χ0n) is 14.0. The average Bonchev–Trinajstić information content (AvgIpc) is 3.27. The van der Waals surface area contributed by atoms with Crippen molar-refractivity contribution in [1.29, 1.82) is 5.26 Å². The number of fused-ring (bicyclic) bond motifs is 1. The lowest BCUT2D eigenvalue weighted by Gasteiger charge is -2.37. The summed E-state index contributed by atoms with van der Waals surface area (Å²) in [5.41, 5.74) is 4.88. The summed E-state index contributed by atoms with van der Waals surface area (Å²) in [6.45, 7) is 2.17. The fourth-order valence-corrected chi connectivity index (χ4v) is 4.91. The van der Waals surface area contributed by atoms with E-state index >= 15 is 0 Å². The van der Waals surface area contributed by atoms with Crippen molar-refractivity contribution in [2.24, 2.45) is 5.41 Å². The van der Waals surface area contributed by atoms with Gasteiger partial charge in [0.2, 0.25) is 0 Å². The highest BCUT2D eigenvalue weighted by Gasteiger charge is 2.48. The number of hydrogen-bond acceptors (Lipinski definition) is 3. The van der Waals surface area contributed by atoms with Gasteiger partial charge in [0.1, 0.15) is 0 Å². The Hall–Kier alpha value is -2.41. The number of benzene rings is 2. The molecule has 1 aliphatic carbocycles. The van der Waals surface area contributed by atoms with E-state index in [1.165, 1.54) is 16.7 Å². The molecule has 3 heteroatoms. The highest BCUT2D eigenvalue weighted by molar-refractivity contribution is 7.07. The number of thiophene rings is 1. The van der Waals surface area contributed by atoms with Crippen LogP contribution in [-0.4, -0.2) is 5.11 Å². The van der Waals surface area contributed by atoms with E-state index < -0.39 is 6.10 Å². The number of rotatable bonds is 3. The van der Waals surface area contributed by atoms with E-state index in [4.69, 9.17) is 0 Å². The van der Waals surface area contributed by atoms with Gasteiger partial charge in [-0.05, 0) is 57.6 Å². The van der Waals surface area contributed by atoms with Crippen LogP contribution in [0.25, 0.3) is 0 Å². The van der Waals surface area contributed by atoms with E-state index in [0.717, 1.165) is 12.0 Å². The van der Waals surface area contributed by atoms with Gasteiger partial charge in [0.25, 0.3) is 0 Å². The van der Waals surface area contributed by atoms with Gasteiger partial charge in [-0.2, -0.15) is 16.6 Å². The molecule has 0 radical (unpaired) electrons. The first-order chi connectivity index (χ1) is 12.1. The fraction of sp³-hybridized carbons (Fsp3) is 0.227. The fourth-order valence-electron chi connectivity index (χ4n) is 4.23. The lowest BCUT2D eigenvalue weighted by atomic mass is 9.69. The highest BCUT2D eigenvalue weighted by Crippen LogP contribution is 2.56. The van der Waals surface area contributed by atoms with Crippen LogP contribution < -0.4 is 0 Å². The summed E-state index contributed by atoms with van der Waals surface area (Å²) in [7, 11) is 0. The number of aliphatic hydroxyl groups excluding tert-OH is 1. The van der Waals surface area contributed by atoms with Crippen molar-refractivity contribution in [2.75, 3.05) is 0 Å². The minimum absolute atomic E-state index is 0.0619. The molecule has 25 heavy (non-hydrogen) atoms. The summed E-state index contributed by atoms with van der Waals surface area (Å²) >= 11 is 1.61. The Morgan fingerprint density at radius 2 is 2.00 bits per heavy atom. The Bertz CT molecular complexity index is 926. The lowest BCUT2D eigenvalue weighted by Crippen LogP contribution is -2.30.